The molecule has 13 heavy (non-hydrogen) atoms. The van der Waals surface area contributed by atoms with Gasteiger partial charge in [-0.1, -0.05) is 30.3 Å². The Balaban J connectivity index is 0.00000144. The van der Waals surface area contributed by atoms with E-state index < -0.39 is 10.1 Å². The van der Waals surface area contributed by atoms with Crippen LogP contribution in [0.1, 0.15) is 5.56 Å². The summed E-state index contributed by atoms with van der Waals surface area (Å²) >= 11 is 0. The Morgan fingerprint density at radius 3 is 2.15 bits per heavy atom. The van der Waals surface area contributed by atoms with E-state index in [4.69, 9.17) is 4.55 Å². The molecule has 0 aliphatic rings. The van der Waals surface area contributed by atoms with Crippen molar-refractivity contribution in [1.82, 2.24) is 0 Å². The number of rotatable bonds is 2. The van der Waals surface area contributed by atoms with Gasteiger partial charge in [0.2, 0.25) is 0 Å². The van der Waals surface area contributed by atoms with Crippen LogP contribution in [-0.4, -0.2) is 13.0 Å². The van der Waals surface area contributed by atoms with E-state index in [1.165, 1.54) is 6.08 Å². The van der Waals surface area contributed by atoms with Crippen LogP contribution in [0, 0.1) is 35.6 Å². The van der Waals surface area contributed by atoms with Crippen molar-refractivity contribution in [2.75, 3.05) is 0 Å². The average molecular weight is 323 g/mol. The summed E-state index contributed by atoms with van der Waals surface area (Å²) in [5.41, 5.74) is 0.732. The molecule has 0 saturated heterocycles. The van der Waals surface area contributed by atoms with E-state index in [0.29, 0.717) is 0 Å². The quantitative estimate of drug-likeness (QED) is 0.840. The topological polar surface area (TPSA) is 54.4 Å². The second-order valence-corrected chi connectivity index (χ2v) is 3.53. The Kier molecular flexibility index (Phi) is 5.75. The van der Waals surface area contributed by atoms with Gasteiger partial charge < -0.3 is 0 Å². The van der Waals surface area contributed by atoms with Gasteiger partial charge in [-0.15, -0.1) is 0 Å². The average Bonchev–Trinajstić information content (AvgIpc) is 2.02. The SMILES string of the molecule is O=S(=O)(O)C=Cc1ccccc1.[La]. The van der Waals surface area contributed by atoms with Crippen LogP contribution >= 0.6 is 0 Å². The van der Waals surface area contributed by atoms with Crippen LogP contribution in [0.5, 0.6) is 0 Å². The summed E-state index contributed by atoms with van der Waals surface area (Å²) in [5.74, 6) is 0. The molecule has 0 amide bonds. The molecule has 1 aromatic carbocycles. The normalized spacial score (nSPS) is 11.2. The van der Waals surface area contributed by atoms with Crippen LogP contribution in [0.15, 0.2) is 35.7 Å². The molecule has 0 unspecified atom stereocenters. The van der Waals surface area contributed by atoms with E-state index in [-0.39, 0.29) is 35.6 Å². The van der Waals surface area contributed by atoms with E-state index >= 15 is 0 Å². The summed E-state index contributed by atoms with van der Waals surface area (Å²) in [6, 6.07) is 8.86. The maximum Gasteiger partial charge on any atom is 0.287 e. The van der Waals surface area contributed by atoms with Gasteiger partial charge in [-0.2, -0.15) is 8.42 Å². The number of hydrogen-bond acceptors (Lipinski definition) is 2. The molecule has 3 nitrogen and oxygen atoms in total. The standard InChI is InChI=1S/C8H8O3S.La/c9-12(10,11)7-6-8-4-2-1-3-5-8;/h1-7H,(H,9,10,11);. The van der Waals surface area contributed by atoms with Crippen molar-refractivity contribution >= 4 is 16.2 Å². The van der Waals surface area contributed by atoms with Crippen molar-refractivity contribution in [3.8, 4) is 0 Å². The Hall–Kier alpha value is 0.0648. The van der Waals surface area contributed by atoms with Crippen molar-refractivity contribution in [2.45, 2.75) is 0 Å². The Morgan fingerprint density at radius 1 is 1.15 bits per heavy atom. The zero-order valence-corrected chi connectivity index (χ0v) is 11.2. The summed E-state index contributed by atoms with van der Waals surface area (Å²) in [7, 11) is -4.00. The summed E-state index contributed by atoms with van der Waals surface area (Å²) in [4.78, 5) is 0. The van der Waals surface area contributed by atoms with Gasteiger partial charge in [0.05, 0.1) is 5.41 Å². The molecule has 0 atom stereocenters. The first-order chi connectivity index (χ1) is 5.58. The minimum Gasteiger partial charge on any atom is -0.282 e. The summed E-state index contributed by atoms with van der Waals surface area (Å²) < 4.78 is 28.9. The molecular formula is C8H8LaO3S. The van der Waals surface area contributed by atoms with Gasteiger partial charge >= 0.3 is 0 Å². The molecule has 1 rings (SSSR count). The van der Waals surface area contributed by atoms with Crippen molar-refractivity contribution < 1.29 is 48.6 Å². The maximum atomic E-state index is 10.3. The van der Waals surface area contributed by atoms with Gasteiger partial charge in [-0.3, -0.25) is 4.55 Å². The molecule has 0 heterocycles. The fourth-order valence-electron chi connectivity index (χ4n) is 0.729. The van der Waals surface area contributed by atoms with Gasteiger partial charge in [0.1, 0.15) is 0 Å². The molecule has 0 aliphatic carbocycles. The van der Waals surface area contributed by atoms with Crippen LogP contribution in [0.4, 0.5) is 0 Å². The minimum absolute atomic E-state index is 0. The zero-order valence-electron chi connectivity index (χ0n) is 6.79. The summed E-state index contributed by atoms with van der Waals surface area (Å²) in [6.07, 6.45) is 1.33. The predicted molar refractivity (Wildman–Crippen MR) is 47.0 cm³/mol. The van der Waals surface area contributed by atoms with Gasteiger partial charge in [-0.25, -0.2) is 0 Å². The van der Waals surface area contributed by atoms with Gasteiger partial charge in [0.15, 0.2) is 0 Å². The number of benzene rings is 1. The zero-order chi connectivity index (χ0) is 9.03. The molecule has 1 radical (unpaired) electrons. The molecule has 1 N–H and O–H groups in total. The smallest absolute Gasteiger partial charge is 0.282 e. The molecular weight excluding hydrogens is 315 g/mol. The first-order valence-corrected chi connectivity index (χ1v) is 4.79. The fourth-order valence-corrected chi connectivity index (χ4v) is 1.06. The van der Waals surface area contributed by atoms with E-state index in [9.17, 15) is 8.42 Å². The summed E-state index contributed by atoms with van der Waals surface area (Å²) in [5, 5.41) is 0.752. The molecule has 0 saturated carbocycles. The maximum absolute atomic E-state index is 10.3. The van der Waals surface area contributed by atoms with Crippen molar-refractivity contribution in [3.63, 3.8) is 0 Å². The Labute approximate surface area is 105 Å². The fraction of sp³-hybridized carbons (Fsp3) is 0. The van der Waals surface area contributed by atoms with E-state index in [1.807, 2.05) is 6.07 Å². The van der Waals surface area contributed by atoms with Crippen molar-refractivity contribution in [2.24, 2.45) is 0 Å². The summed E-state index contributed by atoms with van der Waals surface area (Å²) in [6.45, 7) is 0. The molecule has 1 aromatic rings. The molecule has 0 aromatic heterocycles. The van der Waals surface area contributed by atoms with E-state index in [2.05, 4.69) is 0 Å². The molecule has 5 heteroatoms. The molecule has 0 aliphatic heterocycles. The minimum atomic E-state index is -4.00. The van der Waals surface area contributed by atoms with Gasteiger partial charge in [-0.05, 0) is 11.6 Å². The van der Waals surface area contributed by atoms with Gasteiger partial charge in [0, 0.05) is 35.6 Å². The van der Waals surface area contributed by atoms with Crippen LogP contribution in [0.2, 0.25) is 0 Å². The van der Waals surface area contributed by atoms with E-state index in [1.54, 1.807) is 24.3 Å². The molecule has 0 fully saturated rings. The largest absolute Gasteiger partial charge is 0.287 e. The van der Waals surface area contributed by atoms with Crippen molar-refractivity contribution in [1.29, 1.82) is 0 Å². The molecule has 0 bridgehead atoms. The Morgan fingerprint density at radius 2 is 1.69 bits per heavy atom. The second kappa shape index (κ2) is 5.72. The first kappa shape index (κ1) is 13.1. The van der Waals surface area contributed by atoms with E-state index in [0.717, 1.165) is 11.0 Å². The monoisotopic (exact) mass is 323 g/mol. The Bertz CT molecular complexity index is 370. The van der Waals surface area contributed by atoms with Crippen LogP contribution in [0.3, 0.4) is 0 Å². The van der Waals surface area contributed by atoms with Crippen LogP contribution < -0.4 is 0 Å². The van der Waals surface area contributed by atoms with Crippen molar-refractivity contribution in [3.05, 3.63) is 41.3 Å². The predicted octanol–water partition coefficient (Wildman–Crippen LogP) is 1.55. The third kappa shape index (κ3) is 6.18. The molecule has 0 spiro atoms. The van der Waals surface area contributed by atoms with Crippen LogP contribution in [0.25, 0.3) is 6.08 Å². The number of hydrogen-bond donors (Lipinski definition) is 1. The first-order valence-electron chi connectivity index (χ1n) is 3.28. The third-order valence-corrected chi connectivity index (χ3v) is 1.71. The third-order valence-electron chi connectivity index (χ3n) is 1.23. The molecule has 67 valence electrons. The van der Waals surface area contributed by atoms with Crippen LogP contribution in [-0.2, 0) is 10.1 Å². The van der Waals surface area contributed by atoms with Gasteiger partial charge in [0.25, 0.3) is 10.1 Å². The second-order valence-electron chi connectivity index (χ2n) is 2.23.